The number of carbonyl (C=O) groups is 2. The second-order valence-corrected chi connectivity index (χ2v) is 11.5. The Labute approximate surface area is 271 Å². The first kappa shape index (κ1) is 32.2. The van der Waals surface area contributed by atoms with Crippen LogP contribution in [0.5, 0.6) is 11.5 Å². The van der Waals surface area contributed by atoms with E-state index < -0.39 is 35.7 Å². The summed E-state index contributed by atoms with van der Waals surface area (Å²) in [4.78, 5) is 41.8. The summed E-state index contributed by atoms with van der Waals surface area (Å²) in [5.41, 5.74) is 0.562. The smallest absolute Gasteiger partial charge is 0.349 e. The molecule has 2 heterocycles. The maximum atomic E-state index is 14.2. The van der Waals surface area contributed by atoms with Crippen molar-refractivity contribution >= 4 is 45.4 Å². The van der Waals surface area contributed by atoms with E-state index in [4.69, 9.17) is 18.3 Å². The Morgan fingerprint density at radius 1 is 1.13 bits per heavy atom. The van der Waals surface area contributed by atoms with Crippen LogP contribution in [0.3, 0.4) is 0 Å². The topological polar surface area (TPSA) is 172 Å². The van der Waals surface area contributed by atoms with Crippen LogP contribution in [0.25, 0.3) is 11.0 Å². The highest BCUT2D eigenvalue weighted by molar-refractivity contribution is 14.1. The van der Waals surface area contributed by atoms with Gasteiger partial charge >= 0.3 is 5.63 Å². The van der Waals surface area contributed by atoms with Gasteiger partial charge in [-0.05, 0) is 64.6 Å². The molecule has 236 valence electrons. The fourth-order valence-electron chi connectivity index (χ4n) is 5.18. The summed E-state index contributed by atoms with van der Waals surface area (Å²) in [7, 11) is 1.43. The SMILES string of the molecule is COc1cc(CO)cc(I)c1O[C@H]1C=C(C(=O)NCCO)C[C@@H](N(Cc2ccoc2)C(=O)c2cc3ccccc3oc2=O)[C@@H]1O. The average Bonchev–Trinajstić information content (AvgIpc) is 3.57. The van der Waals surface area contributed by atoms with Crippen molar-refractivity contribution in [2.75, 3.05) is 20.3 Å². The minimum atomic E-state index is -1.39. The summed E-state index contributed by atoms with van der Waals surface area (Å²) < 4.78 is 23.0. The molecule has 2 amide bonds. The number of hydrogen-bond donors (Lipinski definition) is 4. The molecule has 0 spiro atoms. The van der Waals surface area contributed by atoms with E-state index in [1.165, 1.54) is 36.7 Å². The summed E-state index contributed by atoms with van der Waals surface area (Å²) >= 11 is 2.01. The highest BCUT2D eigenvalue weighted by Crippen LogP contribution is 2.37. The largest absolute Gasteiger partial charge is 0.493 e. The first-order chi connectivity index (χ1) is 21.7. The zero-order valence-corrected chi connectivity index (χ0v) is 26.3. The number of benzene rings is 2. The van der Waals surface area contributed by atoms with Gasteiger partial charge in [0.2, 0.25) is 5.91 Å². The highest BCUT2D eigenvalue weighted by Gasteiger charge is 2.42. The van der Waals surface area contributed by atoms with E-state index >= 15 is 0 Å². The van der Waals surface area contributed by atoms with Gasteiger partial charge in [-0.25, -0.2) is 4.79 Å². The molecule has 0 bridgehead atoms. The van der Waals surface area contributed by atoms with Crippen LogP contribution in [0, 0.1) is 3.57 Å². The number of aliphatic hydroxyl groups is 3. The van der Waals surface area contributed by atoms with Gasteiger partial charge in [-0.2, -0.15) is 0 Å². The quantitative estimate of drug-likeness (QED) is 0.133. The fraction of sp³-hybridized carbons (Fsp3) is 0.281. The Hall–Kier alpha value is -4.18. The van der Waals surface area contributed by atoms with Crippen molar-refractivity contribution in [1.29, 1.82) is 0 Å². The first-order valence-electron chi connectivity index (χ1n) is 14.0. The van der Waals surface area contributed by atoms with Crippen molar-refractivity contribution in [3.63, 3.8) is 0 Å². The third-order valence-electron chi connectivity index (χ3n) is 7.41. The van der Waals surface area contributed by atoms with Crippen LogP contribution in [0.4, 0.5) is 0 Å². The molecular weight excluding hydrogens is 699 g/mol. The molecule has 2 aromatic heterocycles. The predicted molar refractivity (Wildman–Crippen MR) is 170 cm³/mol. The normalized spacial score (nSPS) is 17.9. The standard InChI is InChI=1S/C32H31IN2O10/c1-42-27-11-19(16-37)10-23(33)29(27)44-26-14-21(30(39)34-7-8-36)13-24(28(26)38)35(15-18-6-9-43-17-18)31(40)22-12-20-4-2-3-5-25(20)45-32(22)41/h2-6,9-12,14,17,24,26,28,36-38H,7-8,13,15-16H2,1H3,(H,34,39)/t24-,26+,28+/m1/s1. The number of ether oxygens (including phenoxy) is 2. The second kappa shape index (κ2) is 14.3. The molecule has 5 rings (SSSR count). The van der Waals surface area contributed by atoms with Gasteiger partial charge in [0.25, 0.3) is 5.91 Å². The zero-order valence-electron chi connectivity index (χ0n) is 24.1. The molecule has 45 heavy (non-hydrogen) atoms. The van der Waals surface area contributed by atoms with E-state index in [-0.39, 0.29) is 49.6 Å². The Balaban J connectivity index is 1.58. The summed E-state index contributed by atoms with van der Waals surface area (Å²) in [6.07, 6.45) is 1.69. The van der Waals surface area contributed by atoms with E-state index in [0.29, 0.717) is 31.4 Å². The lowest BCUT2D eigenvalue weighted by atomic mass is 9.87. The fourth-order valence-corrected chi connectivity index (χ4v) is 5.97. The van der Waals surface area contributed by atoms with Crippen LogP contribution >= 0.6 is 22.6 Å². The molecule has 0 aliphatic heterocycles. The molecule has 4 N–H and O–H groups in total. The Kier molecular flexibility index (Phi) is 10.2. The number of rotatable bonds is 11. The van der Waals surface area contributed by atoms with Gasteiger partial charge in [0.1, 0.15) is 23.4 Å². The van der Waals surface area contributed by atoms with Crippen molar-refractivity contribution in [3.05, 3.63) is 103 Å². The number of nitrogens with zero attached hydrogens (tertiary/aromatic N) is 1. The van der Waals surface area contributed by atoms with Gasteiger partial charge in [0.15, 0.2) is 11.5 Å². The zero-order chi connectivity index (χ0) is 32.1. The number of furan rings is 1. The van der Waals surface area contributed by atoms with Crippen LogP contribution in [-0.2, 0) is 17.9 Å². The molecular formula is C32H31IN2O10. The van der Waals surface area contributed by atoms with Crippen molar-refractivity contribution in [1.82, 2.24) is 10.2 Å². The summed E-state index contributed by atoms with van der Waals surface area (Å²) in [6, 6.07) is 12.1. The summed E-state index contributed by atoms with van der Waals surface area (Å²) in [6.45, 7) is -0.614. The third-order valence-corrected chi connectivity index (χ3v) is 8.21. The van der Waals surface area contributed by atoms with Crippen molar-refractivity contribution in [2.45, 2.75) is 37.8 Å². The number of carbonyl (C=O) groups excluding carboxylic acids is 2. The third kappa shape index (κ3) is 7.06. The van der Waals surface area contributed by atoms with Crippen LogP contribution in [0.2, 0.25) is 0 Å². The van der Waals surface area contributed by atoms with Crippen molar-refractivity contribution in [2.24, 2.45) is 0 Å². The molecule has 3 atom stereocenters. The summed E-state index contributed by atoms with van der Waals surface area (Å²) in [5, 5.41) is 33.9. The van der Waals surface area contributed by atoms with Crippen LogP contribution in [0.1, 0.15) is 27.9 Å². The van der Waals surface area contributed by atoms with Gasteiger partial charge in [-0.15, -0.1) is 0 Å². The van der Waals surface area contributed by atoms with Crippen LogP contribution in [-0.4, -0.2) is 70.5 Å². The van der Waals surface area contributed by atoms with E-state index in [0.717, 1.165) is 0 Å². The lowest BCUT2D eigenvalue weighted by molar-refractivity contribution is -0.118. The average molecular weight is 731 g/mol. The van der Waals surface area contributed by atoms with E-state index in [2.05, 4.69) is 5.32 Å². The first-order valence-corrected chi connectivity index (χ1v) is 15.1. The molecule has 12 nitrogen and oxygen atoms in total. The Morgan fingerprint density at radius 3 is 2.64 bits per heavy atom. The lowest BCUT2D eigenvalue weighted by Gasteiger charge is -2.40. The molecule has 4 aromatic rings. The molecule has 0 unspecified atom stereocenters. The van der Waals surface area contributed by atoms with Crippen LogP contribution < -0.4 is 20.4 Å². The number of fused-ring (bicyclic) bond motifs is 1. The molecule has 0 saturated carbocycles. The minimum Gasteiger partial charge on any atom is -0.493 e. The highest BCUT2D eigenvalue weighted by atomic mass is 127. The predicted octanol–water partition coefficient (Wildman–Crippen LogP) is 2.75. The van der Waals surface area contributed by atoms with E-state index in [9.17, 15) is 29.7 Å². The monoisotopic (exact) mass is 730 g/mol. The summed E-state index contributed by atoms with van der Waals surface area (Å²) in [5.74, 6) is -0.697. The van der Waals surface area contributed by atoms with Crippen molar-refractivity contribution < 1.29 is 43.2 Å². The number of para-hydroxylation sites is 1. The van der Waals surface area contributed by atoms with Crippen molar-refractivity contribution in [3.8, 4) is 11.5 Å². The molecule has 0 fully saturated rings. The Morgan fingerprint density at radius 2 is 1.93 bits per heavy atom. The van der Waals surface area contributed by atoms with Crippen LogP contribution in [0.15, 0.2) is 86.3 Å². The Bertz CT molecular complexity index is 1770. The molecule has 13 heteroatoms. The molecule has 2 aromatic carbocycles. The molecule has 1 aliphatic rings. The van der Waals surface area contributed by atoms with Gasteiger partial charge in [-0.1, -0.05) is 18.2 Å². The number of methoxy groups -OCH3 is 1. The molecule has 1 aliphatic carbocycles. The van der Waals surface area contributed by atoms with Gasteiger partial charge < -0.3 is 43.8 Å². The molecule has 0 radical (unpaired) electrons. The second-order valence-electron chi connectivity index (χ2n) is 10.3. The molecule has 0 saturated heterocycles. The number of hydrogen-bond acceptors (Lipinski definition) is 10. The number of aliphatic hydroxyl groups excluding tert-OH is 3. The lowest BCUT2D eigenvalue weighted by Crippen LogP contribution is -2.55. The number of halogens is 1. The van der Waals surface area contributed by atoms with Gasteiger partial charge in [-0.3, -0.25) is 9.59 Å². The number of nitrogens with one attached hydrogen (secondary N) is 1. The minimum absolute atomic E-state index is 0.0148. The number of amides is 2. The van der Waals surface area contributed by atoms with E-state index in [1.54, 1.807) is 42.5 Å². The maximum absolute atomic E-state index is 14.2. The van der Waals surface area contributed by atoms with Gasteiger partial charge in [0.05, 0.1) is 42.5 Å². The van der Waals surface area contributed by atoms with E-state index in [1.807, 2.05) is 22.6 Å². The van der Waals surface area contributed by atoms with Gasteiger partial charge in [0, 0.05) is 36.0 Å². The maximum Gasteiger partial charge on any atom is 0.349 e.